The van der Waals surface area contributed by atoms with Crippen molar-refractivity contribution in [2.75, 3.05) is 0 Å². The van der Waals surface area contributed by atoms with E-state index in [1.807, 2.05) is 41.5 Å². The van der Waals surface area contributed by atoms with Gasteiger partial charge in [-0.25, -0.2) is 0 Å². The van der Waals surface area contributed by atoms with Crippen LogP contribution in [0.3, 0.4) is 0 Å². The van der Waals surface area contributed by atoms with Crippen LogP contribution >= 0.6 is 0 Å². The molecule has 3 atom stereocenters. The third-order valence-electron chi connectivity index (χ3n) is 5.97. The van der Waals surface area contributed by atoms with Gasteiger partial charge in [-0.05, 0) is 49.9 Å². The van der Waals surface area contributed by atoms with Crippen LogP contribution in [0.2, 0.25) is 0 Å². The molecule has 1 aromatic rings. The van der Waals surface area contributed by atoms with E-state index in [1.165, 1.54) is 12.8 Å². The van der Waals surface area contributed by atoms with Crippen LogP contribution in [0.5, 0.6) is 0 Å². The maximum Gasteiger partial charge on any atom is 0.303 e. The van der Waals surface area contributed by atoms with E-state index in [9.17, 15) is 9.59 Å². The van der Waals surface area contributed by atoms with Gasteiger partial charge in [0.2, 0.25) is 0 Å². The summed E-state index contributed by atoms with van der Waals surface area (Å²) in [6.45, 7) is 16.5. The minimum absolute atomic E-state index is 0. The van der Waals surface area contributed by atoms with Crippen LogP contribution in [-0.4, -0.2) is 27.3 Å². The average Bonchev–Trinajstić information content (AvgIpc) is 3.38. The number of hydrogen-bond acceptors (Lipinski definition) is 4. The Labute approximate surface area is 236 Å². The molecule has 1 fully saturated rings. The summed E-state index contributed by atoms with van der Waals surface area (Å²) in [5.74, 6) is 1.72. The summed E-state index contributed by atoms with van der Waals surface area (Å²) in [6, 6.07) is 0. The number of carbonyl (C=O) groups is 2. The van der Waals surface area contributed by atoms with Crippen molar-refractivity contribution in [3.8, 4) is 0 Å². The number of aryl methyl sites for hydroxylation is 2. The summed E-state index contributed by atoms with van der Waals surface area (Å²) in [5.41, 5.74) is 2.01. The van der Waals surface area contributed by atoms with Crippen molar-refractivity contribution in [1.29, 1.82) is 0 Å². The van der Waals surface area contributed by atoms with E-state index >= 15 is 0 Å². The second-order valence-electron chi connectivity index (χ2n) is 7.74. The Bertz CT molecular complexity index is 622. The molecule has 1 saturated carbocycles. The third-order valence-corrected chi connectivity index (χ3v) is 5.97. The number of carboxylic acid groups (broad SMARTS) is 2. The number of nitrogens with zero attached hydrogens (tertiary/aromatic N) is 1. The van der Waals surface area contributed by atoms with E-state index in [0.717, 1.165) is 61.0 Å². The monoisotopic (exact) mass is 823 g/mol. The van der Waals surface area contributed by atoms with E-state index in [-0.39, 0.29) is 48.6 Å². The van der Waals surface area contributed by atoms with Gasteiger partial charge in [0, 0.05) is 67.0 Å². The van der Waals surface area contributed by atoms with Crippen molar-refractivity contribution in [2.45, 2.75) is 120 Å². The van der Waals surface area contributed by atoms with Gasteiger partial charge in [0.1, 0.15) is 5.76 Å². The molecule has 0 aromatic carbocycles. The molecule has 200 valence electrons. The summed E-state index contributed by atoms with van der Waals surface area (Å²) >= 11 is 0. The van der Waals surface area contributed by atoms with Crippen LogP contribution < -0.4 is 0 Å². The molecule has 0 amide bonds. The molecule has 8 heteroatoms. The quantitative estimate of drug-likeness (QED) is 0.316. The third kappa shape index (κ3) is 16.2. The van der Waals surface area contributed by atoms with Gasteiger partial charge >= 0.3 is 11.9 Å². The Balaban J connectivity index is -0.000000208. The Kier molecular flexibility index (Phi) is 30.7. The fourth-order valence-corrected chi connectivity index (χ4v) is 4.05. The largest absolute Gasteiger partial charge is 0.481 e. The van der Waals surface area contributed by atoms with Gasteiger partial charge in [0.15, 0.2) is 0 Å². The number of rotatable bonds is 6. The molecular formula is C26H49NO5W2. The zero-order valence-corrected chi connectivity index (χ0v) is 28.6. The van der Waals surface area contributed by atoms with Crippen molar-refractivity contribution in [2.24, 2.45) is 17.8 Å². The molecule has 0 saturated heterocycles. The summed E-state index contributed by atoms with van der Waals surface area (Å²) in [6.07, 6.45) is 8.63. The molecule has 2 aliphatic rings. The predicted octanol–water partition coefficient (Wildman–Crippen LogP) is 7.18. The number of aliphatic carboxylic acids is 2. The molecule has 1 heterocycles. The van der Waals surface area contributed by atoms with E-state index in [2.05, 4.69) is 19.0 Å². The molecule has 0 bridgehead atoms. The van der Waals surface area contributed by atoms with E-state index in [0.29, 0.717) is 18.8 Å². The fourth-order valence-electron chi connectivity index (χ4n) is 4.05. The number of hydrogen-bond donors (Lipinski definition) is 2. The Morgan fingerprint density at radius 3 is 1.88 bits per heavy atom. The smallest absolute Gasteiger partial charge is 0.303 e. The maximum atomic E-state index is 10.4. The first-order valence-electron chi connectivity index (χ1n) is 12.8. The van der Waals surface area contributed by atoms with Crippen LogP contribution in [0.25, 0.3) is 0 Å². The van der Waals surface area contributed by atoms with Gasteiger partial charge in [0.25, 0.3) is 0 Å². The van der Waals surface area contributed by atoms with Crippen molar-refractivity contribution in [1.82, 2.24) is 5.16 Å². The van der Waals surface area contributed by atoms with Crippen LogP contribution in [0.1, 0.15) is 117 Å². The van der Waals surface area contributed by atoms with E-state index < -0.39 is 11.9 Å². The number of fused-ring (bicyclic) bond motifs is 1. The molecule has 2 aliphatic carbocycles. The fraction of sp³-hybridized carbons (Fsp3) is 0.808. The van der Waals surface area contributed by atoms with Gasteiger partial charge in [0.05, 0.1) is 12.1 Å². The minimum Gasteiger partial charge on any atom is -0.481 e. The zero-order chi connectivity index (χ0) is 25.1. The summed E-state index contributed by atoms with van der Waals surface area (Å²) in [7, 11) is 0. The number of aromatic nitrogens is 1. The molecule has 0 aliphatic heterocycles. The molecule has 1 aromatic heterocycles. The van der Waals surface area contributed by atoms with E-state index in [4.69, 9.17) is 14.7 Å². The standard InChI is InChI=1S/C10H13NO3.C10H18O2.3C2H6.2W/c12-10(13)6-5-8-7-3-1-2-4-9(7)14-11-8;1-7-3-4-9(8(7)2)5-6-10(11)12;3*1-2;;/h1-6H2,(H,12,13);7-9H,3-6H2,1-2H3,(H,11,12);3*1-2H3;;/t;7-,8-,9-;;;;;/m.1...../s1. The van der Waals surface area contributed by atoms with Crippen LogP contribution in [0.15, 0.2) is 4.52 Å². The van der Waals surface area contributed by atoms with Crippen molar-refractivity contribution >= 4 is 11.9 Å². The Hall–Kier alpha value is -0.473. The molecule has 2 N–H and O–H groups in total. The van der Waals surface area contributed by atoms with Crippen LogP contribution in [0, 0.1) is 17.8 Å². The molecular weight excluding hydrogens is 774 g/mol. The van der Waals surface area contributed by atoms with Gasteiger partial charge in [-0.2, -0.15) is 0 Å². The molecule has 34 heavy (non-hydrogen) atoms. The Morgan fingerprint density at radius 2 is 1.41 bits per heavy atom. The summed E-state index contributed by atoms with van der Waals surface area (Å²) < 4.78 is 5.18. The van der Waals surface area contributed by atoms with Crippen molar-refractivity contribution in [3.05, 3.63) is 17.0 Å². The molecule has 0 radical (unpaired) electrons. The predicted molar refractivity (Wildman–Crippen MR) is 131 cm³/mol. The first kappa shape index (κ1) is 40.7. The van der Waals surface area contributed by atoms with E-state index in [1.54, 1.807) is 0 Å². The summed E-state index contributed by atoms with van der Waals surface area (Å²) in [5, 5.41) is 21.0. The first-order chi connectivity index (χ1) is 15.4. The van der Waals surface area contributed by atoms with Gasteiger partial charge in [-0.15, -0.1) is 0 Å². The Morgan fingerprint density at radius 1 is 0.882 bits per heavy atom. The van der Waals surface area contributed by atoms with Crippen LogP contribution in [-0.2, 0) is 71.0 Å². The van der Waals surface area contributed by atoms with Crippen molar-refractivity contribution < 1.29 is 66.5 Å². The average molecular weight is 823 g/mol. The van der Waals surface area contributed by atoms with Crippen LogP contribution in [0.4, 0.5) is 0 Å². The van der Waals surface area contributed by atoms with Gasteiger partial charge in [-0.1, -0.05) is 67.0 Å². The minimum atomic E-state index is -0.780. The molecule has 0 spiro atoms. The second-order valence-corrected chi connectivity index (χ2v) is 7.74. The number of carboxylic acids is 2. The van der Waals surface area contributed by atoms with Gasteiger partial charge < -0.3 is 14.7 Å². The second kappa shape index (κ2) is 25.6. The van der Waals surface area contributed by atoms with Crippen molar-refractivity contribution in [3.63, 3.8) is 0 Å². The maximum absolute atomic E-state index is 10.4. The van der Waals surface area contributed by atoms with Gasteiger partial charge in [-0.3, -0.25) is 9.59 Å². The molecule has 3 rings (SSSR count). The normalized spacial score (nSPS) is 19.2. The first-order valence-corrected chi connectivity index (χ1v) is 12.8. The molecule has 0 unspecified atom stereocenters. The zero-order valence-electron chi connectivity index (χ0n) is 22.7. The topological polar surface area (TPSA) is 101 Å². The SMILES string of the molecule is CC.CC.CC.C[C@H]1[C@@H](CCC(=O)O)CC[C@H]1C.O=C(O)CCc1noc2c1CCCC2.[W].[W]. The molecule has 6 nitrogen and oxygen atoms in total. The summed E-state index contributed by atoms with van der Waals surface area (Å²) in [4.78, 5) is 20.7.